The van der Waals surface area contributed by atoms with Gasteiger partial charge in [0, 0.05) is 16.7 Å². The molecule has 0 bridgehead atoms. The van der Waals surface area contributed by atoms with Gasteiger partial charge in [-0.05, 0) is 48.9 Å². The van der Waals surface area contributed by atoms with Gasteiger partial charge in [-0.25, -0.2) is 0 Å². The maximum atomic E-state index is 6.33. The van der Waals surface area contributed by atoms with Gasteiger partial charge in [-0.15, -0.1) is 11.8 Å². The first kappa shape index (κ1) is 14.7. The van der Waals surface area contributed by atoms with Crippen molar-refractivity contribution in [3.8, 4) is 0 Å². The quantitative estimate of drug-likeness (QED) is 0.781. The monoisotopic (exact) mass is 297 g/mol. The van der Waals surface area contributed by atoms with Crippen LogP contribution in [-0.4, -0.2) is 5.75 Å². The summed E-state index contributed by atoms with van der Waals surface area (Å²) in [6, 6.07) is 17.7. The third kappa shape index (κ3) is 3.69. The fourth-order valence-electron chi connectivity index (χ4n) is 2.74. The molecule has 0 aromatic heterocycles. The van der Waals surface area contributed by atoms with Crippen LogP contribution in [0.15, 0.2) is 53.4 Å². The molecule has 0 radical (unpaired) electrons. The highest BCUT2D eigenvalue weighted by Gasteiger charge is 2.19. The largest absolute Gasteiger partial charge is 0.323 e. The molecule has 0 aliphatic heterocycles. The summed E-state index contributed by atoms with van der Waals surface area (Å²) >= 11 is 1.84. The fraction of sp³-hybridized carbons (Fsp3) is 0.368. The van der Waals surface area contributed by atoms with Crippen molar-refractivity contribution in [1.29, 1.82) is 0 Å². The average molecular weight is 297 g/mol. The van der Waals surface area contributed by atoms with Crippen molar-refractivity contribution in [3.05, 3.63) is 65.2 Å². The van der Waals surface area contributed by atoms with Crippen LogP contribution in [0, 0.1) is 6.92 Å². The number of aryl methyl sites for hydroxylation is 1. The molecule has 3 rings (SSSR count). The number of nitrogens with two attached hydrogens (primary N) is 1. The van der Waals surface area contributed by atoms with Gasteiger partial charge in [-0.2, -0.15) is 0 Å². The van der Waals surface area contributed by atoms with Crippen LogP contribution in [0.2, 0.25) is 0 Å². The lowest BCUT2D eigenvalue weighted by Gasteiger charge is -2.26. The van der Waals surface area contributed by atoms with Gasteiger partial charge in [0.25, 0.3) is 0 Å². The molecule has 1 saturated carbocycles. The van der Waals surface area contributed by atoms with E-state index in [0.29, 0.717) is 0 Å². The highest BCUT2D eigenvalue weighted by molar-refractivity contribution is 7.99. The minimum absolute atomic E-state index is 0.103. The standard InChI is InChI=1S/C19H23NS/c1-14-4-2-7-18(12-14)21-13-19(20)17-10-8-16(9-11-17)15-5-3-6-15/h2,4,7-12,15,19H,3,5-6,13,20H2,1H3. The highest BCUT2D eigenvalue weighted by Crippen LogP contribution is 2.36. The zero-order chi connectivity index (χ0) is 14.7. The first-order valence-corrected chi connectivity index (χ1v) is 8.76. The predicted octanol–water partition coefficient (Wildman–Crippen LogP) is 5.05. The van der Waals surface area contributed by atoms with Gasteiger partial charge in [-0.1, -0.05) is 48.4 Å². The van der Waals surface area contributed by atoms with Crippen LogP contribution in [0.1, 0.15) is 47.9 Å². The van der Waals surface area contributed by atoms with Gasteiger partial charge < -0.3 is 5.73 Å². The van der Waals surface area contributed by atoms with E-state index in [1.165, 1.54) is 40.8 Å². The van der Waals surface area contributed by atoms with E-state index in [2.05, 4.69) is 55.5 Å². The van der Waals surface area contributed by atoms with Gasteiger partial charge in [0.1, 0.15) is 0 Å². The normalized spacial score (nSPS) is 16.5. The maximum Gasteiger partial charge on any atom is 0.0390 e. The number of hydrogen-bond donors (Lipinski definition) is 1. The van der Waals surface area contributed by atoms with Gasteiger partial charge in [0.15, 0.2) is 0 Å². The van der Waals surface area contributed by atoms with E-state index >= 15 is 0 Å². The third-order valence-electron chi connectivity index (χ3n) is 4.36. The van der Waals surface area contributed by atoms with Gasteiger partial charge in [0.2, 0.25) is 0 Å². The Morgan fingerprint density at radius 1 is 1.14 bits per heavy atom. The summed E-state index contributed by atoms with van der Waals surface area (Å²) in [6.45, 7) is 2.13. The second kappa shape index (κ2) is 6.67. The Morgan fingerprint density at radius 2 is 1.90 bits per heavy atom. The predicted molar refractivity (Wildman–Crippen MR) is 91.9 cm³/mol. The van der Waals surface area contributed by atoms with E-state index < -0.39 is 0 Å². The molecular weight excluding hydrogens is 274 g/mol. The summed E-state index contributed by atoms with van der Waals surface area (Å²) in [7, 11) is 0. The summed E-state index contributed by atoms with van der Waals surface area (Å²) in [5.74, 6) is 1.73. The summed E-state index contributed by atoms with van der Waals surface area (Å²) in [5.41, 5.74) is 10.4. The van der Waals surface area contributed by atoms with E-state index in [4.69, 9.17) is 5.73 Å². The average Bonchev–Trinajstić information content (AvgIpc) is 2.44. The van der Waals surface area contributed by atoms with Gasteiger partial charge >= 0.3 is 0 Å². The summed E-state index contributed by atoms with van der Waals surface area (Å²) in [5, 5.41) is 0. The number of thioether (sulfide) groups is 1. The zero-order valence-electron chi connectivity index (χ0n) is 12.6. The maximum absolute atomic E-state index is 6.33. The summed E-state index contributed by atoms with van der Waals surface area (Å²) in [4.78, 5) is 1.30. The molecule has 21 heavy (non-hydrogen) atoms. The molecular formula is C19H23NS. The zero-order valence-corrected chi connectivity index (χ0v) is 13.4. The first-order chi connectivity index (χ1) is 10.2. The Kier molecular flexibility index (Phi) is 4.67. The van der Waals surface area contributed by atoms with Crippen molar-refractivity contribution in [2.24, 2.45) is 5.73 Å². The van der Waals surface area contributed by atoms with E-state index in [-0.39, 0.29) is 6.04 Å². The van der Waals surface area contributed by atoms with Crippen molar-refractivity contribution in [3.63, 3.8) is 0 Å². The molecule has 1 fully saturated rings. The summed E-state index contributed by atoms with van der Waals surface area (Å²) in [6.07, 6.45) is 4.10. The minimum atomic E-state index is 0.103. The molecule has 0 heterocycles. The molecule has 1 aliphatic carbocycles. The smallest absolute Gasteiger partial charge is 0.0390 e. The number of rotatable bonds is 5. The molecule has 0 spiro atoms. The van der Waals surface area contributed by atoms with Gasteiger partial charge in [0.05, 0.1) is 0 Å². The Bertz CT molecular complexity index is 587. The summed E-state index contributed by atoms with van der Waals surface area (Å²) < 4.78 is 0. The molecule has 1 aliphatic rings. The molecule has 0 saturated heterocycles. The van der Waals surface area contributed by atoms with E-state index in [9.17, 15) is 0 Å². The van der Waals surface area contributed by atoms with Crippen LogP contribution in [0.25, 0.3) is 0 Å². The van der Waals surface area contributed by atoms with E-state index in [1.54, 1.807) is 0 Å². The Hall–Kier alpha value is -1.25. The molecule has 2 N–H and O–H groups in total. The minimum Gasteiger partial charge on any atom is -0.323 e. The number of benzene rings is 2. The lowest BCUT2D eigenvalue weighted by Crippen LogP contribution is -2.14. The fourth-order valence-corrected chi connectivity index (χ4v) is 3.75. The van der Waals surface area contributed by atoms with Crippen LogP contribution in [0.3, 0.4) is 0 Å². The molecule has 1 nitrogen and oxygen atoms in total. The van der Waals surface area contributed by atoms with Crippen LogP contribution >= 0.6 is 11.8 Å². The van der Waals surface area contributed by atoms with Crippen molar-refractivity contribution in [2.75, 3.05) is 5.75 Å². The highest BCUT2D eigenvalue weighted by atomic mass is 32.2. The topological polar surface area (TPSA) is 26.0 Å². The first-order valence-electron chi connectivity index (χ1n) is 7.77. The lowest BCUT2D eigenvalue weighted by molar-refractivity contribution is 0.419. The lowest BCUT2D eigenvalue weighted by atomic mass is 9.80. The number of hydrogen-bond acceptors (Lipinski definition) is 2. The molecule has 2 aromatic carbocycles. The van der Waals surface area contributed by atoms with Gasteiger partial charge in [-0.3, -0.25) is 0 Å². The Balaban J connectivity index is 1.58. The van der Waals surface area contributed by atoms with E-state index in [1.807, 2.05) is 11.8 Å². The van der Waals surface area contributed by atoms with Crippen molar-refractivity contribution in [2.45, 2.75) is 43.0 Å². The molecule has 2 heteroatoms. The van der Waals surface area contributed by atoms with E-state index in [0.717, 1.165) is 11.7 Å². The van der Waals surface area contributed by atoms with Crippen LogP contribution in [0.4, 0.5) is 0 Å². The SMILES string of the molecule is Cc1cccc(SCC(N)c2ccc(C3CCC3)cc2)c1. The van der Waals surface area contributed by atoms with Crippen LogP contribution in [0.5, 0.6) is 0 Å². The van der Waals surface area contributed by atoms with Crippen molar-refractivity contribution >= 4 is 11.8 Å². The molecule has 110 valence electrons. The second-order valence-corrected chi connectivity index (χ2v) is 7.12. The molecule has 2 aromatic rings. The van der Waals surface area contributed by atoms with Crippen LogP contribution in [-0.2, 0) is 0 Å². The van der Waals surface area contributed by atoms with Crippen molar-refractivity contribution in [1.82, 2.24) is 0 Å². The third-order valence-corrected chi connectivity index (χ3v) is 5.47. The van der Waals surface area contributed by atoms with Crippen LogP contribution < -0.4 is 5.73 Å². The molecule has 1 unspecified atom stereocenters. The van der Waals surface area contributed by atoms with Crippen molar-refractivity contribution < 1.29 is 0 Å². The molecule has 1 atom stereocenters. The molecule has 0 amide bonds. The Labute approximate surface area is 132 Å². The Morgan fingerprint density at radius 3 is 2.52 bits per heavy atom. The second-order valence-electron chi connectivity index (χ2n) is 6.03.